The predicted molar refractivity (Wildman–Crippen MR) is 267 cm³/mol. The van der Waals surface area contributed by atoms with Gasteiger partial charge in [0.1, 0.15) is 0 Å². The van der Waals surface area contributed by atoms with Crippen molar-refractivity contribution in [1.29, 1.82) is 0 Å². The summed E-state index contributed by atoms with van der Waals surface area (Å²) in [6.45, 7) is 18.2. The third kappa shape index (κ3) is 10.6. The highest BCUT2D eigenvalue weighted by molar-refractivity contribution is 5.81. The third-order valence-corrected chi connectivity index (χ3v) is 13.2. The summed E-state index contributed by atoms with van der Waals surface area (Å²) in [4.78, 5) is 2.34. The lowest BCUT2D eigenvalue weighted by Gasteiger charge is -2.27. The van der Waals surface area contributed by atoms with Crippen molar-refractivity contribution in [3.05, 3.63) is 202 Å². The SMILES string of the molecule is C/C=C(/CC)c1ccc(/C=C/c2ccc(N(c3ccc(/C=C/c4ccc(C(C)(CC)CC)cc4)cc3)c3ccc(/C=C/c4ccc(C(C)(CC)CC)cc4)cc3)cc2)cc1. The Balaban J connectivity index is 1.23. The van der Waals surface area contributed by atoms with Gasteiger partial charge in [0.15, 0.2) is 0 Å². The zero-order chi connectivity index (χ0) is 42.5. The maximum atomic E-state index is 2.36. The van der Waals surface area contributed by atoms with Gasteiger partial charge in [-0.15, -0.1) is 0 Å². The quantitative estimate of drug-likeness (QED) is 0.0832. The molecule has 1 nitrogen and oxygen atoms in total. The summed E-state index contributed by atoms with van der Waals surface area (Å²) in [6, 6.07) is 53.7. The largest absolute Gasteiger partial charge is 0.311 e. The van der Waals surface area contributed by atoms with Gasteiger partial charge in [-0.05, 0) is 142 Å². The predicted octanol–water partition coefficient (Wildman–Crippen LogP) is 17.6. The molecule has 0 atom stereocenters. The first-order chi connectivity index (χ1) is 29.1. The fourth-order valence-corrected chi connectivity index (χ4v) is 7.92. The van der Waals surface area contributed by atoms with Gasteiger partial charge in [-0.3, -0.25) is 0 Å². The molecule has 0 spiro atoms. The molecule has 6 rings (SSSR count). The van der Waals surface area contributed by atoms with E-state index in [2.05, 4.69) is 248 Å². The monoisotopic (exact) mass is 788 g/mol. The van der Waals surface area contributed by atoms with E-state index in [1.54, 1.807) is 0 Å². The van der Waals surface area contributed by atoms with Crippen LogP contribution in [0.5, 0.6) is 0 Å². The zero-order valence-corrected chi connectivity index (χ0v) is 37.4. The van der Waals surface area contributed by atoms with E-state index >= 15 is 0 Å². The fraction of sp³-hybridized carbons (Fsp3) is 0.254. The first kappa shape index (κ1) is 43.7. The topological polar surface area (TPSA) is 3.24 Å². The van der Waals surface area contributed by atoms with E-state index in [0.717, 1.165) is 54.7 Å². The summed E-state index contributed by atoms with van der Waals surface area (Å²) < 4.78 is 0. The highest BCUT2D eigenvalue weighted by Crippen LogP contribution is 2.36. The van der Waals surface area contributed by atoms with Crippen molar-refractivity contribution in [2.75, 3.05) is 4.90 Å². The average Bonchev–Trinajstić information content (AvgIpc) is 3.31. The van der Waals surface area contributed by atoms with Crippen LogP contribution in [0.15, 0.2) is 152 Å². The number of allylic oxidation sites excluding steroid dienone is 2. The van der Waals surface area contributed by atoms with Gasteiger partial charge in [0.25, 0.3) is 0 Å². The minimum absolute atomic E-state index is 0.230. The molecule has 0 aliphatic heterocycles. The van der Waals surface area contributed by atoms with E-state index in [9.17, 15) is 0 Å². The lowest BCUT2D eigenvalue weighted by molar-refractivity contribution is 0.439. The molecule has 0 aliphatic carbocycles. The maximum absolute atomic E-state index is 2.36. The van der Waals surface area contributed by atoms with Crippen LogP contribution >= 0.6 is 0 Å². The summed E-state index contributed by atoms with van der Waals surface area (Å²) >= 11 is 0. The molecular weight excluding hydrogens is 723 g/mol. The number of benzene rings is 6. The fourth-order valence-electron chi connectivity index (χ4n) is 7.92. The van der Waals surface area contributed by atoms with E-state index in [0.29, 0.717) is 0 Å². The van der Waals surface area contributed by atoms with Crippen molar-refractivity contribution in [1.82, 2.24) is 0 Å². The summed E-state index contributed by atoms with van der Waals surface area (Å²) in [5, 5.41) is 0. The minimum Gasteiger partial charge on any atom is -0.311 e. The molecule has 1 heteroatoms. The Morgan fingerprint density at radius 3 is 0.867 bits per heavy atom. The number of nitrogens with zero attached hydrogens (tertiary/aromatic N) is 1. The molecule has 0 heterocycles. The third-order valence-electron chi connectivity index (χ3n) is 13.2. The lowest BCUT2D eigenvalue weighted by Crippen LogP contribution is -2.19. The normalized spacial score (nSPS) is 12.6. The molecule has 0 radical (unpaired) electrons. The maximum Gasteiger partial charge on any atom is 0.0462 e. The summed E-state index contributed by atoms with van der Waals surface area (Å²) in [5.74, 6) is 0. The van der Waals surface area contributed by atoms with Gasteiger partial charge in [0, 0.05) is 17.1 Å². The van der Waals surface area contributed by atoms with Crippen LogP contribution in [0.2, 0.25) is 0 Å². The van der Waals surface area contributed by atoms with E-state index < -0.39 is 0 Å². The van der Waals surface area contributed by atoms with Crippen LogP contribution < -0.4 is 4.90 Å². The highest BCUT2D eigenvalue weighted by Gasteiger charge is 2.22. The Hall–Kier alpha value is -5.92. The smallest absolute Gasteiger partial charge is 0.0462 e. The Kier molecular flexibility index (Phi) is 14.8. The van der Waals surface area contributed by atoms with E-state index in [1.165, 1.54) is 50.1 Å². The molecule has 60 heavy (non-hydrogen) atoms. The van der Waals surface area contributed by atoms with E-state index in [4.69, 9.17) is 0 Å². The van der Waals surface area contributed by atoms with Crippen LogP contribution in [-0.4, -0.2) is 0 Å². The van der Waals surface area contributed by atoms with Gasteiger partial charge < -0.3 is 4.90 Å². The first-order valence-corrected chi connectivity index (χ1v) is 22.3. The van der Waals surface area contributed by atoms with Gasteiger partial charge in [-0.25, -0.2) is 0 Å². The zero-order valence-electron chi connectivity index (χ0n) is 37.4. The van der Waals surface area contributed by atoms with Gasteiger partial charge >= 0.3 is 0 Å². The number of hydrogen-bond donors (Lipinski definition) is 0. The molecule has 0 bridgehead atoms. The Morgan fingerprint density at radius 2 is 0.633 bits per heavy atom. The van der Waals surface area contributed by atoms with Gasteiger partial charge in [-0.1, -0.05) is 200 Å². The Bertz CT molecular complexity index is 2240. The molecule has 0 saturated heterocycles. The molecule has 0 aliphatic rings. The second-order valence-corrected chi connectivity index (χ2v) is 16.7. The van der Waals surface area contributed by atoms with Crippen LogP contribution in [-0.2, 0) is 10.8 Å². The van der Waals surface area contributed by atoms with Crippen molar-refractivity contribution in [3.63, 3.8) is 0 Å². The van der Waals surface area contributed by atoms with Crippen LogP contribution in [0.25, 0.3) is 42.0 Å². The van der Waals surface area contributed by atoms with Gasteiger partial charge in [0.2, 0.25) is 0 Å². The molecule has 306 valence electrons. The molecule has 0 amide bonds. The highest BCUT2D eigenvalue weighted by atomic mass is 15.1. The number of hydrogen-bond acceptors (Lipinski definition) is 1. The molecule has 0 N–H and O–H groups in total. The Labute approximate surface area is 362 Å². The van der Waals surface area contributed by atoms with E-state index in [-0.39, 0.29) is 10.8 Å². The van der Waals surface area contributed by atoms with Crippen molar-refractivity contribution in [3.8, 4) is 0 Å². The van der Waals surface area contributed by atoms with Gasteiger partial charge in [0.05, 0.1) is 0 Å². The number of anilines is 3. The van der Waals surface area contributed by atoms with Crippen LogP contribution in [0.4, 0.5) is 17.1 Å². The molecule has 0 fully saturated rings. The first-order valence-electron chi connectivity index (χ1n) is 22.3. The summed E-state index contributed by atoms with van der Waals surface area (Å²) in [6.07, 6.45) is 21.1. The number of rotatable bonds is 17. The second-order valence-electron chi connectivity index (χ2n) is 16.7. The minimum atomic E-state index is 0.230. The molecular formula is C59H65N. The summed E-state index contributed by atoms with van der Waals surface area (Å²) in [7, 11) is 0. The summed E-state index contributed by atoms with van der Waals surface area (Å²) in [5.41, 5.74) is 16.4. The van der Waals surface area contributed by atoms with Crippen LogP contribution in [0.1, 0.15) is 138 Å². The van der Waals surface area contributed by atoms with Crippen molar-refractivity contribution in [2.45, 2.75) is 98.3 Å². The lowest BCUT2D eigenvalue weighted by atomic mass is 9.78. The second kappa shape index (κ2) is 20.4. The van der Waals surface area contributed by atoms with Crippen molar-refractivity contribution in [2.24, 2.45) is 0 Å². The molecule has 0 unspecified atom stereocenters. The molecule has 6 aromatic carbocycles. The van der Waals surface area contributed by atoms with Crippen LogP contribution in [0.3, 0.4) is 0 Å². The molecule has 0 aromatic heterocycles. The molecule has 0 saturated carbocycles. The van der Waals surface area contributed by atoms with E-state index in [1.807, 2.05) is 0 Å². The average molecular weight is 788 g/mol. The van der Waals surface area contributed by atoms with Crippen molar-refractivity contribution >= 4 is 59.1 Å². The molecule has 6 aromatic rings. The van der Waals surface area contributed by atoms with Gasteiger partial charge in [-0.2, -0.15) is 0 Å². The standard InChI is InChI=1S/C59H65N/c1-9-51(10-2)52-33-21-45(22-34-52)15-18-48-27-39-55(40-28-48)60(56-41-29-49(30-42-56)19-16-46-23-35-53(36-24-46)58(7,11-3)12-4)57-43-31-50(32-44-57)20-17-47-25-37-54(38-26-47)59(8,13-5)14-6/h9,15-44H,10-14H2,1-8H3/b18-15+,19-16+,20-17+,51-9-. The van der Waals surface area contributed by atoms with Crippen molar-refractivity contribution < 1.29 is 0 Å². The Morgan fingerprint density at radius 1 is 0.383 bits per heavy atom. The van der Waals surface area contributed by atoms with Crippen LogP contribution in [0, 0.1) is 0 Å².